The van der Waals surface area contributed by atoms with Gasteiger partial charge in [-0.15, -0.1) is 0 Å². The largest absolute Gasteiger partial charge is 0.480 e. The molecule has 0 aliphatic carbocycles. The predicted octanol–water partition coefficient (Wildman–Crippen LogP) is 2.61. The number of likely N-dealkylation sites (tertiary alicyclic amines) is 1. The Hall–Kier alpha value is -1.99. The molecule has 1 atom stereocenters. The fraction of sp³-hybridized carbons (Fsp3) is 0.619. The molecule has 0 saturated carbocycles. The quantitative estimate of drug-likeness (QED) is 0.699. The second-order valence-corrected chi connectivity index (χ2v) is 7.37. The summed E-state index contributed by atoms with van der Waals surface area (Å²) in [5, 5.41) is 9.04. The Labute approximate surface area is 166 Å². The average molecular weight is 394 g/mol. The van der Waals surface area contributed by atoms with E-state index in [4.69, 9.17) is 5.11 Å². The number of benzene rings is 1. The number of piperidine rings is 1. The van der Waals surface area contributed by atoms with Crippen LogP contribution in [-0.2, 0) is 9.59 Å². The maximum Gasteiger partial charge on any atom is 0.317 e. The van der Waals surface area contributed by atoms with E-state index in [2.05, 4.69) is 4.90 Å². The van der Waals surface area contributed by atoms with Gasteiger partial charge in [0.15, 0.2) is 0 Å². The van der Waals surface area contributed by atoms with Crippen molar-refractivity contribution in [3.63, 3.8) is 0 Å². The number of carbonyl (C=O) groups excluding carboxylic acids is 1. The molecule has 1 amide bonds. The molecule has 1 fully saturated rings. The number of likely N-dealkylation sites (N-methyl/N-ethyl adjacent to an activating group) is 2. The Bertz CT molecular complexity index is 645. The van der Waals surface area contributed by atoms with Crippen LogP contribution in [0.25, 0.3) is 0 Å². The van der Waals surface area contributed by atoms with E-state index >= 15 is 0 Å². The molecule has 7 heteroatoms. The number of carboxylic acid groups (broad SMARTS) is 1. The zero-order valence-corrected chi connectivity index (χ0v) is 17.1. The van der Waals surface area contributed by atoms with Crippen molar-refractivity contribution in [3.8, 4) is 0 Å². The van der Waals surface area contributed by atoms with E-state index in [1.165, 1.54) is 12.1 Å². The van der Waals surface area contributed by atoms with Crippen molar-refractivity contribution in [1.82, 2.24) is 14.7 Å². The van der Waals surface area contributed by atoms with Gasteiger partial charge in [0.2, 0.25) is 5.91 Å². The lowest BCUT2D eigenvalue weighted by molar-refractivity contribution is -0.139. The maximum absolute atomic E-state index is 13.2. The molecule has 0 spiro atoms. The van der Waals surface area contributed by atoms with Crippen molar-refractivity contribution in [1.29, 1.82) is 0 Å². The number of nitrogens with zero attached hydrogens (tertiary/aromatic N) is 3. The van der Waals surface area contributed by atoms with Gasteiger partial charge in [-0.25, -0.2) is 4.39 Å². The average Bonchev–Trinajstić information content (AvgIpc) is 2.67. The summed E-state index contributed by atoms with van der Waals surface area (Å²) in [4.78, 5) is 29.8. The molecule has 6 nitrogen and oxygen atoms in total. The summed E-state index contributed by atoms with van der Waals surface area (Å²) in [6.45, 7) is 9.21. The van der Waals surface area contributed by atoms with Gasteiger partial charge < -0.3 is 10.0 Å². The van der Waals surface area contributed by atoms with Crippen LogP contribution in [0.4, 0.5) is 4.39 Å². The second kappa shape index (κ2) is 10.5. The highest BCUT2D eigenvalue weighted by Crippen LogP contribution is 2.22. The summed E-state index contributed by atoms with van der Waals surface area (Å²) in [6.07, 6.45) is 1.74. The van der Waals surface area contributed by atoms with E-state index < -0.39 is 5.97 Å². The molecule has 156 valence electrons. The van der Waals surface area contributed by atoms with Crippen molar-refractivity contribution in [2.24, 2.45) is 0 Å². The van der Waals surface area contributed by atoms with Gasteiger partial charge in [0.1, 0.15) is 5.82 Å². The standard InChI is InChI=1S/C21H32FN3O3/c1-4-24(15-21(27)28)19-10-12-23(13-11-19)14-20(26)25(5-2)16(3)17-6-8-18(22)9-7-17/h6-9,16,19H,4-5,10-15H2,1-3H3,(H,27,28). The Morgan fingerprint density at radius 2 is 1.79 bits per heavy atom. The molecule has 1 saturated heterocycles. The molecule has 0 aromatic heterocycles. The predicted molar refractivity (Wildman–Crippen MR) is 107 cm³/mol. The Balaban J connectivity index is 1.89. The van der Waals surface area contributed by atoms with Crippen molar-refractivity contribution >= 4 is 11.9 Å². The van der Waals surface area contributed by atoms with Crippen LogP contribution in [0.1, 0.15) is 45.2 Å². The van der Waals surface area contributed by atoms with Gasteiger partial charge in [-0.3, -0.25) is 19.4 Å². The third kappa shape index (κ3) is 6.01. The molecular formula is C21H32FN3O3. The van der Waals surface area contributed by atoms with Crippen LogP contribution in [0.2, 0.25) is 0 Å². The molecule has 2 rings (SSSR count). The molecule has 1 aliphatic heterocycles. The second-order valence-electron chi connectivity index (χ2n) is 7.37. The van der Waals surface area contributed by atoms with Crippen LogP contribution in [0, 0.1) is 5.82 Å². The third-order valence-electron chi connectivity index (χ3n) is 5.66. The number of carboxylic acids is 1. The van der Waals surface area contributed by atoms with Crippen LogP contribution in [0.15, 0.2) is 24.3 Å². The topological polar surface area (TPSA) is 64.1 Å². The van der Waals surface area contributed by atoms with Gasteiger partial charge in [-0.1, -0.05) is 19.1 Å². The van der Waals surface area contributed by atoms with E-state index in [-0.39, 0.29) is 30.4 Å². The van der Waals surface area contributed by atoms with Gasteiger partial charge >= 0.3 is 5.97 Å². The lowest BCUT2D eigenvalue weighted by atomic mass is 10.0. The summed E-state index contributed by atoms with van der Waals surface area (Å²) in [5.74, 6) is -1.01. The van der Waals surface area contributed by atoms with Crippen molar-refractivity contribution in [3.05, 3.63) is 35.6 Å². The highest BCUT2D eigenvalue weighted by atomic mass is 19.1. The zero-order valence-electron chi connectivity index (χ0n) is 17.1. The van der Waals surface area contributed by atoms with Crippen LogP contribution in [0.3, 0.4) is 0 Å². The molecule has 1 aromatic rings. The normalized spacial score (nSPS) is 16.9. The van der Waals surface area contributed by atoms with Crippen LogP contribution < -0.4 is 0 Å². The Morgan fingerprint density at radius 1 is 1.18 bits per heavy atom. The lowest BCUT2D eigenvalue weighted by Gasteiger charge is -2.38. The molecule has 0 bridgehead atoms. The summed E-state index contributed by atoms with van der Waals surface area (Å²) in [7, 11) is 0. The Morgan fingerprint density at radius 3 is 2.29 bits per heavy atom. The van der Waals surface area contributed by atoms with E-state index in [0.717, 1.165) is 31.5 Å². The first-order chi connectivity index (χ1) is 13.3. The number of hydrogen-bond donors (Lipinski definition) is 1. The minimum atomic E-state index is -0.798. The van der Waals surface area contributed by atoms with Crippen LogP contribution in [-0.4, -0.2) is 77.0 Å². The summed E-state index contributed by atoms with van der Waals surface area (Å²) >= 11 is 0. The fourth-order valence-corrected chi connectivity index (χ4v) is 3.98. The molecule has 1 N–H and O–H groups in total. The number of aliphatic carboxylic acids is 1. The molecule has 1 aliphatic rings. The van der Waals surface area contributed by atoms with Gasteiger partial charge in [-0.2, -0.15) is 0 Å². The molecule has 1 aromatic carbocycles. The van der Waals surface area contributed by atoms with E-state index in [1.54, 1.807) is 12.1 Å². The molecule has 0 radical (unpaired) electrons. The van der Waals surface area contributed by atoms with E-state index in [9.17, 15) is 14.0 Å². The molecular weight excluding hydrogens is 361 g/mol. The van der Waals surface area contributed by atoms with Crippen LogP contribution >= 0.6 is 0 Å². The first-order valence-corrected chi connectivity index (χ1v) is 10.1. The number of amides is 1. The van der Waals surface area contributed by atoms with Crippen molar-refractivity contribution in [2.45, 2.75) is 45.7 Å². The minimum Gasteiger partial charge on any atom is -0.480 e. The minimum absolute atomic E-state index is 0.0654. The monoisotopic (exact) mass is 393 g/mol. The van der Waals surface area contributed by atoms with Gasteiger partial charge in [-0.05, 0) is 50.9 Å². The third-order valence-corrected chi connectivity index (χ3v) is 5.66. The zero-order chi connectivity index (χ0) is 20.7. The SMILES string of the molecule is CCN(CC(=O)O)C1CCN(CC(=O)N(CC)C(C)c2ccc(F)cc2)CC1. The summed E-state index contributed by atoms with van der Waals surface area (Å²) in [5.41, 5.74) is 0.919. The lowest BCUT2D eigenvalue weighted by Crippen LogP contribution is -2.49. The van der Waals surface area contributed by atoms with E-state index in [1.807, 2.05) is 30.6 Å². The molecule has 1 unspecified atom stereocenters. The summed E-state index contributed by atoms with van der Waals surface area (Å²) < 4.78 is 13.2. The maximum atomic E-state index is 13.2. The van der Waals surface area contributed by atoms with Crippen molar-refractivity contribution < 1.29 is 19.1 Å². The first kappa shape index (κ1) is 22.3. The highest BCUT2D eigenvalue weighted by molar-refractivity contribution is 5.78. The van der Waals surface area contributed by atoms with E-state index in [0.29, 0.717) is 19.6 Å². The smallest absolute Gasteiger partial charge is 0.317 e. The van der Waals surface area contributed by atoms with Gasteiger partial charge in [0.05, 0.1) is 19.1 Å². The molecule has 1 heterocycles. The van der Waals surface area contributed by atoms with Gasteiger partial charge in [0.25, 0.3) is 0 Å². The number of hydrogen-bond acceptors (Lipinski definition) is 4. The molecule has 28 heavy (non-hydrogen) atoms. The van der Waals surface area contributed by atoms with Gasteiger partial charge in [0, 0.05) is 25.7 Å². The number of rotatable bonds is 9. The first-order valence-electron chi connectivity index (χ1n) is 10.1. The highest BCUT2D eigenvalue weighted by Gasteiger charge is 2.28. The number of halogens is 1. The number of carbonyl (C=O) groups is 2. The Kier molecular flexibility index (Phi) is 8.38. The van der Waals surface area contributed by atoms with Crippen LogP contribution in [0.5, 0.6) is 0 Å². The summed E-state index contributed by atoms with van der Waals surface area (Å²) in [6, 6.07) is 6.44. The van der Waals surface area contributed by atoms with Crippen molar-refractivity contribution in [2.75, 3.05) is 39.3 Å². The fourth-order valence-electron chi connectivity index (χ4n) is 3.98.